The number of hydrogen-bond acceptors (Lipinski definition) is 5. The third kappa shape index (κ3) is 5.79. The maximum atomic E-state index is 12.0. The van der Waals surface area contributed by atoms with Gasteiger partial charge in [0.1, 0.15) is 5.75 Å². The van der Waals surface area contributed by atoms with Crippen molar-refractivity contribution in [2.24, 2.45) is 5.92 Å². The largest absolute Gasteiger partial charge is 0.494 e. The van der Waals surface area contributed by atoms with Gasteiger partial charge in [-0.3, -0.25) is 4.79 Å². The summed E-state index contributed by atoms with van der Waals surface area (Å²) in [7, 11) is -3.19. The molecule has 1 amide bonds. The van der Waals surface area contributed by atoms with Gasteiger partial charge in [0, 0.05) is 25.3 Å². The van der Waals surface area contributed by atoms with Crippen LogP contribution in [-0.4, -0.2) is 46.3 Å². The summed E-state index contributed by atoms with van der Waals surface area (Å²) in [5, 5.41) is 6.36. The molecule has 1 aromatic rings. The molecule has 134 valence electrons. The van der Waals surface area contributed by atoms with Gasteiger partial charge in [0.05, 0.1) is 11.5 Å². The fourth-order valence-corrected chi connectivity index (χ4v) is 3.30. The molecule has 7 heteroatoms. The van der Waals surface area contributed by atoms with Gasteiger partial charge in [0.15, 0.2) is 9.84 Å². The molecule has 1 saturated heterocycles. The van der Waals surface area contributed by atoms with Crippen molar-refractivity contribution < 1.29 is 17.9 Å². The van der Waals surface area contributed by atoms with E-state index in [2.05, 4.69) is 17.6 Å². The van der Waals surface area contributed by atoms with Crippen molar-refractivity contribution >= 4 is 15.7 Å². The van der Waals surface area contributed by atoms with Gasteiger partial charge in [0.2, 0.25) is 5.91 Å². The molecule has 1 heterocycles. The Morgan fingerprint density at radius 2 is 2.04 bits per heavy atom. The van der Waals surface area contributed by atoms with Gasteiger partial charge in [-0.05, 0) is 49.6 Å². The van der Waals surface area contributed by atoms with Crippen LogP contribution < -0.4 is 15.4 Å². The molecule has 0 saturated carbocycles. The number of carbonyl (C=O) groups excluding carboxylic acids is 1. The molecule has 2 unspecified atom stereocenters. The van der Waals surface area contributed by atoms with Gasteiger partial charge in [-0.25, -0.2) is 8.42 Å². The zero-order chi connectivity index (χ0) is 17.6. The zero-order valence-corrected chi connectivity index (χ0v) is 15.1. The van der Waals surface area contributed by atoms with Crippen molar-refractivity contribution in [1.29, 1.82) is 0 Å². The van der Waals surface area contributed by atoms with Gasteiger partial charge >= 0.3 is 0 Å². The average Bonchev–Trinajstić information content (AvgIpc) is 2.53. The van der Waals surface area contributed by atoms with Gasteiger partial charge in [-0.1, -0.05) is 6.92 Å². The molecule has 0 aromatic heterocycles. The van der Waals surface area contributed by atoms with Crippen LogP contribution in [0.1, 0.15) is 26.2 Å². The Balaban J connectivity index is 1.68. The normalized spacial score (nSPS) is 21.2. The number of piperidine rings is 1. The predicted octanol–water partition coefficient (Wildman–Crippen LogP) is 1.36. The Bertz CT molecular complexity index is 643. The predicted molar refractivity (Wildman–Crippen MR) is 92.9 cm³/mol. The fourth-order valence-electron chi connectivity index (χ4n) is 2.67. The van der Waals surface area contributed by atoms with Crippen molar-refractivity contribution in [2.75, 3.05) is 26.0 Å². The Hall–Kier alpha value is -1.60. The highest BCUT2D eigenvalue weighted by Gasteiger charge is 2.22. The van der Waals surface area contributed by atoms with E-state index in [0.717, 1.165) is 19.5 Å². The minimum atomic E-state index is -3.19. The van der Waals surface area contributed by atoms with E-state index < -0.39 is 9.84 Å². The number of benzene rings is 1. The lowest BCUT2D eigenvalue weighted by atomic mass is 9.95. The number of nitrogens with one attached hydrogen (secondary N) is 2. The molecular weight excluding hydrogens is 328 g/mol. The highest BCUT2D eigenvalue weighted by molar-refractivity contribution is 7.90. The summed E-state index contributed by atoms with van der Waals surface area (Å²) in [6, 6.07) is 6.51. The van der Waals surface area contributed by atoms with Crippen LogP contribution in [0.4, 0.5) is 0 Å². The number of sulfone groups is 1. The lowest BCUT2D eigenvalue weighted by Gasteiger charge is -2.30. The van der Waals surface area contributed by atoms with Crippen molar-refractivity contribution in [3.05, 3.63) is 24.3 Å². The van der Waals surface area contributed by atoms with E-state index in [0.29, 0.717) is 31.1 Å². The summed E-state index contributed by atoms with van der Waals surface area (Å²) in [5.74, 6) is 1.15. The third-order valence-corrected chi connectivity index (χ3v) is 5.37. The minimum absolute atomic E-state index is 0.0478. The average molecular weight is 354 g/mol. The van der Waals surface area contributed by atoms with Crippen molar-refractivity contribution in [3.63, 3.8) is 0 Å². The molecule has 0 radical (unpaired) electrons. The van der Waals surface area contributed by atoms with E-state index >= 15 is 0 Å². The summed E-state index contributed by atoms with van der Waals surface area (Å²) in [6.07, 6.45) is 3.29. The molecule has 2 rings (SSSR count). The second kappa shape index (κ2) is 8.48. The Labute approximate surface area is 143 Å². The van der Waals surface area contributed by atoms with Crippen molar-refractivity contribution in [3.8, 4) is 5.75 Å². The van der Waals surface area contributed by atoms with E-state index in [1.807, 2.05) is 0 Å². The van der Waals surface area contributed by atoms with E-state index in [4.69, 9.17) is 4.74 Å². The van der Waals surface area contributed by atoms with E-state index in [1.54, 1.807) is 12.1 Å². The number of ether oxygens (including phenoxy) is 1. The molecule has 0 aliphatic carbocycles. The van der Waals surface area contributed by atoms with Crippen LogP contribution in [0, 0.1) is 5.92 Å². The first kappa shape index (κ1) is 18.7. The third-order valence-electron chi connectivity index (χ3n) is 4.24. The number of hydrogen-bond donors (Lipinski definition) is 2. The zero-order valence-electron chi connectivity index (χ0n) is 14.2. The first-order valence-corrected chi connectivity index (χ1v) is 10.2. The van der Waals surface area contributed by atoms with Crippen molar-refractivity contribution in [1.82, 2.24) is 10.6 Å². The van der Waals surface area contributed by atoms with Gasteiger partial charge < -0.3 is 15.4 Å². The molecule has 1 aliphatic rings. The molecule has 6 nitrogen and oxygen atoms in total. The minimum Gasteiger partial charge on any atom is -0.494 e. The molecule has 2 atom stereocenters. The van der Waals surface area contributed by atoms with Crippen molar-refractivity contribution in [2.45, 2.75) is 37.1 Å². The van der Waals surface area contributed by atoms with Crippen LogP contribution in [0.15, 0.2) is 29.2 Å². The van der Waals surface area contributed by atoms with Crippen LogP contribution in [0.25, 0.3) is 0 Å². The molecule has 1 fully saturated rings. The first-order valence-electron chi connectivity index (χ1n) is 8.29. The molecule has 1 aliphatic heterocycles. The summed E-state index contributed by atoms with van der Waals surface area (Å²) in [4.78, 5) is 12.2. The lowest BCUT2D eigenvalue weighted by Crippen LogP contribution is -2.50. The topological polar surface area (TPSA) is 84.5 Å². The molecule has 24 heavy (non-hydrogen) atoms. The smallest absolute Gasteiger partial charge is 0.220 e. The van der Waals surface area contributed by atoms with E-state index in [1.165, 1.54) is 18.4 Å². The van der Waals surface area contributed by atoms with Crippen LogP contribution in [0.2, 0.25) is 0 Å². The van der Waals surface area contributed by atoms with E-state index in [-0.39, 0.29) is 16.8 Å². The van der Waals surface area contributed by atoms with Gasteiger partial charge in [-0.2, -0.15) is 0 Å². The maximum absolute atomic E-state index is 12.0. The summed E-state index contributed by atoms with van der Waals surface area (Å²) in [6.45, 7) is 4.43. The lowest BCUT2D eigenvalue weighted by molar-refractivity contribution is -0.122. The summed E-state index contributed by atoms with van der Waals surface area (Å²) < 4.78 is 28.3. The molecule has 0 spiro atoms. The maximum Gasteiger partial charge on any atom is 0.220 e. The second-order valence-corrected chi connectivity index (χ2v) is 8.36. The van der Waals surface area contributed by atoms with Gasteiger partial charge in [-0.15, -0.1) is 0 Å². The highest BCUT2D eigenvalue weighted by atomic mass is 32.2. The molecule has 2 N–H and O–H groups in total. The van der Waals surface area contributed by atoms with Crippen LogP contribution >= 0.6 is 0 Å². The highest BCUT2D eigenvalue weighted by Crippen LogP contribution is 2.16. The number of amides is 1. The van der Waals surface area contributed by atoms with Crippen LogP contribution in [0.5, 0.6) is 5.75 Å². The number of rotatable bonds is 7. The van der Waals surface area contributed by atoms with Crippen LogP contribution in [0.3, 0.4) is 0 Å². The second-order valence-electron chi connectivity index (χ2n) is 6.34. The molecule has 0 bridgehead atoms. The Morgan fingerprint density at radius 3 is 2.67 bits per heavy atom. The first-order chi connectivity index (χ1) is 11.4. The van der Waals surface area contributed by atoms with E-state index in [9.17, 15) is 13.2 Å². The Kier molecular flexibility index (Phi) is 6.62. The summed E-state index contributed by atoms with van der Waals surface area (Å²) in [5.41, 5.74) is 0. The Morgan fingerprint density at radius 1 is 1.33 bits per heavy atom. The van der Waals surface area contributed by atoms with Crippen LogP contribution in [-0.2, 0) is 14.6 Å². The fraction of sp³-hybridized carbons (Fsp3) is 0.588. The number of carbonyl (C=O) groups is 1. The standard InChI is InChI=1S/C17H26N2O4S/c1-13-9-10-18-12-16(13)19-17(20)4-3-11-23-14-5-7-15(8-6-14)24(2,21)22/h5-8,13,16,18H,3-4,9-12H2,1-2H3,(H,19,20). The quantitative estimate of drug-likeness (QED) is 0.723. The monoisotopic (exact) mass is 354 g/mol. The SMILES string of the molecule is CC1CCNCC1NC(=O)CCCOc1ccc(S(C)(=O)=O)cc1. The van der Waals surface area contributed by atoms with Gasteiger partial charge in [0.25, 0.3) is 0 Å². The molecular formula is C17H26N2O4S. The summed E-state index contributed by atoms with van der Waals surface area (Å²) >= 11 is 0. The molecule has 1 aromatic carbocycles.